The Kier molecular flexibility index (Phi) is 6.18. The van der Waals surface area contributed by atoms with Crippen LogP contribution in [0.5, 0.6) is 5.88 Å². The lowest BCUT2D eigenvalue weighted by molar-refractivity contribution is 0.102. The van der Waals surface area contributed by atoms with Crippen LogP contribution in [-0.4, -0.2) is 26.6 Å². The van der Waals surface area contributed by atoms with E-state index in [1.807, 2.05) is 6.92 Å². The Morgan fingerprint density at radius 2 is 1.97 bits per heavy atom. The van der Waals surface area contributed by atoms with Crippen LogP contribution in [-0.2, 0) is 0 Å². The van der Waals surface area contributed by atoms with Crippen LogP contribution < -0.4 is 10.2 Å². The maximum absolute atomic E-state index is 13.6. The molecule has 0 aromatic carbocycles. The lowest BCUT2D eigenvalue weighted by atomic mass is 10.1. The Morgan fingerprint density at radius 1 is 1.14 bits per heavy atom. The first-order valence-corrected chi connectivity index (χ1v) is 8.72. The molecule has 0 radical (unpaired) electrons. The number of amides is 1. The van der Waals surface area contributed by atoms with Gasteiger partial charge in [0.15, 0.2) is 5.82 Å². The number of carbonyl (C=O) groups excluding carboxylic acids is 1. The normalized spacial score (nSPS) is 11.2. The molecule has 7 nitrogen and oxygen atoms in total. The summed E-state index contributed by atoms with van der Waals surface area (Å²) in [6, 6.07) is 5.92. The van der Waals surface area contributed by atoms with Crippen molar-refractivity contribution < 1.29 is 18.4 Å². The van der Waals surface area contributed by atoms with Crippen molar-refractivity contribution in [2.24, 2.45) is 5.16 Å². The number of nitrogens with one attached hydrogen (secondary N) is 1. The summed E-state index contributed by atoms with van der Waals surface area (Å²) >= 11 is 0. The fourth-order valence-corrected chi connectivity index (χ4v) is 2.41. The summed E-state index contributed by atoms with van der Waals surface area (Å²) in [7, 11) is 0. The van der Waals surface area contributed by atoms with Crippen molar-refractivity contribution in [3.8, 4) is 5.88 Å². The van der Waals surface area contributed by atoms with Crippen LogP contribution in [0.15, 0.2) is 54.2 Å². The lowest BCUT2D eigenvalue weighted by Gasteiger charge is -2.08. The minimum absolute atomic E-state index is 0.123. The number of halogens is 2. The third-order valence-electron chi connectivity index (χ3n) is 4.04. The number of hydrogen-bond donors (Lipinski definition) is 1. The van der Waals surface area contributed by atoms with Crippen LogP contribution in [0.4, 0.5) is 14.6 Å². The molecule has 0 saturated heterocycles. The van der Waals surface area contributed by atoms with Crippen molar-refractivity contribution in [2.75, 3.05) is 5.32 Å². The number of oxime groups is 1. The first kappa shape index (κ1) is 20.0. The molecule has 0 unspecified atom stereocenters. The zero-order chi connectivity index (χ0) is 20.8. The van der Waals surface area contributed by atoms with Gasteiger partial charge in [0, 0.05) is 29.7 Å². The lowest BCUT2D eigenvalue weighted by Crippen LogP contribution is -2.15. The van der Waals surface area contributed by atoms with Gasteiger partial charge in [0.05, 0.1) is 17.5 Å². The second kappa shape index (κ2) is 8.96. The van der Waals surface area contributed by atoms with E-state index in [2.05, 4.69) is 25.4 Å². The Balaban J connectivity index is 1.73. The van der Waals surface area contributed by atoms with Crippen molar-refractivity contribution >= 4 is 17.4 Å². The predicted octanol–water partition coefficient (Wildman–Crippen LogP) is 3.90. The van der Waals surface area contributed by atoms with Crippen LogP contribution >= 0.6 is 0 Å². The number of aromatic nitrogens is 3. The second-order valence-corrected chi connectivity index (χ2v) is 5.95. The van der Waals surface area contributed by atoms with E-state index in [0.717, 1.165) is 6.20 Å². The average molecular weight is 397 g/mol. The molecule has 0 saturated carbocycles. The largest absolute Gasteiger partial charge is 0.333 e. The van der Waals surface area contributed by atoms with Gasteiger partial charge in [0.2, 0.25) is 0 Å². The molecule has 0 atom stereocenters. The van der Waals surface area contributed by atoms with Gasteiger partial charge in [-0.15, -0.1) is 0 Å². The molecule has 3 aromatic heterocycles. The maximum Gasteiger partial charge on any atom is 0.284 e. The first-order chi connectivity index (χ1) is 14.0. The zero-order valence-corrected chi connectivity index (χ0v) is 15.7. The van der Waals surface area contributed by atoms with E-state index in [9.17, 15) is 13.6 Å². The van der Waals surface area contributed by atoms with Crippen LogP contribution in [0, 0.1) is 18.6 Å². The van der Waals surface area contributed by atoms with E-state index in [-0.39, 0.29) is 22.8 Å². The minimum Gasteiger partial charge on any atom is -0.333 e. The van der Waals surface area contributed by atoms with Gasteiger partial charge < -0.3 is 10.2 Å². The summed E-state index contributed by atoms with van der Waals surface area (Å²) in [6.07, 6.45) is 5.72. The third-order valence-corrected chi connectivity index (χ3v) is 4.04. The quantitative estimate of drug-likeness (QED) is 0.503. The molecule has 148 valence electrons. The van der Waals surface area contributed by atoms with Crippen molar-refractivity contribution in [3.05, 3.63) is 77.4 Å². The average Bonchev–Trinajstić information content (AvgIpc) is 2.72. The molecule has 3 heterocycles. The second-order valence-electron chi connectivity index (χ2n) is 5.95. The predicted molar refractivity (Wildman–Crippen MR) is 103 cm³/mol. The summed E-state index contributed by atoms with van der Waals surface area (Å²) in [4.78, 5) is 29.0. The molecule has 0 fully saturated rings. The zero-order valence-electron chi connectivity index (χ0n) is 15.7. The van der Waals surface area contributed by atoms with Crippen LogP contribution in [0.1, 0.15) is 34.8 Å². The highest BCUT2D eigenvalue weighted by atomic mass is 19.1. The van der Waals surface area contributed by atoms with Crippen LogP contribution in [0.25, 0.3) is 0 Å². The molecule has 3 rings (SSSR count). The number of pyridine rings is 3. The molecule has 0 bridgehead atoms. The molecule has 0 aliphatic carbocycles. The minimum atomic E-state index is -0.620. The monoisotopic (exact) mass is 397 g/mol. The Labute approximate surface area is 165 Å². The van der Waals surface area contributed by atoms with E-state index in [4.69, 9.17) is 4.84 Å². The number of rotatable bonds is 6. The van der Waals surface area contributed by atoms with E-state index < -0.39 is 17.5 Å². The number of hydrogen-bond acceptors (Lipinski definition) is 6. The van der Waals surface area contributed by atoms with E-state index >= 15 is 0 Å². The van der Waals surface area contributed by atoms with E-state index in [1.165, 1.54) is 37.6 Å². The third kappa shape index (κ3) is 4.75. The fraction of sp³-hybridized carbons (Fsp3) is 0.150. The topological polar surface area (TPSA) is 89.4 Å². The highest BCUT2D eigenvalue weighted by Crippen LogP contribution is 2.15. The summed E-state index contributed by atoms with van der Waals surface area (Å²) in [6.45, 7) is 3.35. The summed E-state index contributed by atoms with van der Waals surface area (Å²) in [5.74, 6) is -1.66. The standard InChI is InChI=1S/C20H17F2N5O2/c1-3-17(27-29-20-15(21)5-4-8-24-20)13-6-7-18(25-9-13)26-19(28)14-10-23-11-16(22)12(14)2/h4-11H,3H2,1-2H3,(H,25,26,28). The summed E-state index contributed by atoms with van der Waals surface area (Å²) in [5.41, 5.74) is 1.47. The molecule has 9 heteroatoms. The van der Waals surface area contributed by atoms with Crippen LogP contribution in [0.2, 0.25) is 0 Å². The van der Waals surface area contributed by atoms with Gasteiger partial charge in [-0.2, -0.15) is 0 Å². The van der Waals surface area contributed by atoms with Crippen molar-refractivity contribution in [1.29, 1.82) is 0 Å². The molecule has 29 heavy (non-hydrogen) atoms. The maximum atomic E-state index is 13.6. The molecular formula is C20H17F2N5O2. The highest BCUT2D eigenvalue weighted by molar-refractivity contribution is 6.05. The molecule has 1 N–H and O–H groups in total. The molecule has 0 aliphatic heterocycles. The SMILES string of the molecule is CCC(=NOc1ncccc1F)c1ccc(NC(=O)c2cncc(F)c2C)nc1. The van der Waals surface area contributed by atoms with Gasteiger partial charge in [-0.05, 0) is 37.6 Å². The van der Waals surface area contributed by atoms with Crippen LogP contribution in [0.3, 0.4) is 0 Å². The number of carbonyl (C=O) groups is 1. The van der Waals surface area contributed by atoms with E-state index in [1.54, 1.807) is 12.1 Å². The number of anilines is 1. The Hall–Kier alpha value is -3.75. The van der Waals surface area contributed by atoms with E-state index in [0.29, 0.717) is 17.7 Å². The molecule has 0 aliphatic rings. The molecule has 0 spiro atoms. The fourth-order valence-electron chi connectivity index (χ4n) is 2.41. The molecular weight excluding hydrogens is 380 g/mol. The van der Waals surface area contributed by atoms with Gasteiger partial charge in [-0.25, -0.2) is 18.7 Å². The molecule has 3 aromatic rings. The number of nitrogens with zero attached hydrogens (tertiary/aromatic N) is 4. The van der Waals surface area contributed by atoms with Crippen molar-refractivity contribution in [2.45, 2.75) is 20.3 Å². The Bertz CT molecular complexity index is 1050. The van der Waals surface area contributed by atoms with Crippen molar-refractivity contribution in [3.63, 3.8) is 0 Å². The van der Waals surface area contributed by atoms with Gasteiger partial charge in [-0.1, -0.05) is 12.1 Å². The van der Waals surface area contributed by atoms with Gasteiger partial charge in [-0.3, -0.25) is 9.78 Å². The smallest absolute Gasteiger partial charge is 0.284 e. The highest BCUT2D eigenvalue weighted by Gasteiger charge is 2.14. The Morgan fingerprint density at radius 3 is 2.66 bits per heavy atom. The summed E-state index contributed by atoms with van der Waals surface area (Å²) < 4.78 is 27.1. The van der Waals surface area contributed by atoms with Gasteiger partial charge in [0.25, 0.3) is 11.8 Å². The molecule has 1 amide bonds. The van der Waals surface area contributed by atoms with Gasteiger partial charge in [0.1, 0.15) is 11.6 Å². The summed E-state index contributed by atoms with van der Waals surface area (Å²) in [5, 5.41) is 6.53. The van der Waals surface area contributed by atoms with Crippen molar-refractivity contribution in [1.82, 2.24) is 15.0 Å². The van der Waals surface area contributed by atoms with Gasteiger partial charge >= 0.3 is 0 Å². The first-order valence-electron chi connectivity index (χ1n) is 8.72.